The highest BCUT2D eigenvalue weighted by atomic mass is 32.1. The van der Waals surface area contributed by atoms with Crippen molar-refractivity contribution in [2.45, 2.75) is 46.3 Å². The zero-order valence-corrected chi connectivity index (χ0v) is 15.6. The van der Waals surface area contributed by atoms with Gasteiger partial charge in [0.1, 0.15) is 0 Å². The SMILES string of the molecule is CCNC(=NCc1ccc(C)s1)NCC(C)N1CCOCC1C. The Balaban J connectivity index is 1.85. The van der Waals surface area contributed by atoms with E-state index in [1.54, 1.807) is 0 Å². The van der Waals surface area contributed by atoms with Gasteiger partial charge in [0.25, 0.3) is 0 Å². The Labute approximate surface area is 144 Å². The highest BCUT2D eigenvalue weighted by Crippen LogP contribution is 2.15. The molecule has 1 aromatic rings. The van der Waals surface area contributed by atoms with Crippen LogP contribution < -0.4 is 10.6 Å². The summed E-state index contributed by atoms with van der Waals surface area (Å²) in [5.41, 5.74) is 0. The van der Waals surface area contributed by atoms with Crippen molar-refractivity contribution in [2.75, 3.05) is 32.8 Å². The summed E-state index contributed by atoms with van der Waals surface area (Å²) in [6.45, 7) is 13.9. The standard InChI is InChI=1S/C17H30N4OS/c1-5-18-17(20-11-16-7-6-15(4)23-16)19-10-13(2)21-8-9-22-12-14(21)3/h6-7,13-14H,5,8-12H2,1-4H3,(H2,18,19,20). The Bertz CT molecular complexity index is 503. The molecule has 0 bridgehead atoms. The second-order valence-corrected chi connectivity index (χ2v) is 7.47. The molecule has 2 N–H and O–H groups in total. The molecule has 1 aliphatic heterocycles. The van der Waals surface area contributed by atoms with Crippen LogP contribution >= 0.6 is 11.3 Å². The molecule has 1 aliphatic rings. The Morgan fingerprint density at radius 3 is 2.96 bits per heavy atom. The summed E-state index contributed by atoms with van der Waals surface area (Å²) in [5.74, 6) is 0.895. The van der Waals surface area contributed by atoms with Gasteiger partial charge in [-0.1, -0.05) is 0 Å². The number of rotatable bonds is 6. The molecule has 1 fully saturated rings. The van der Waals surface area contributed by atoms with E-state index >= 15 is 0 Å². The van der Waals surface area contributed by atoms with Crippen LogP contribution in [0.3, 0.4) is 0 Å². The Kier molecular flexibility index (Phi) is 7.33. The lowest BCUT2D eigenvalue weighted by Gasteiger charge is -2.38. The molecule has 2 unspecified atom stereocenters. The van der Waals surface area contributed by atoms with E-state index in [-0.39, 0.29) is 0 Å². The van der Waals surface area contributed by atoms with Gasteiger partial charge in [-0.15, -0.1) is 11.3 Å². The Hall–Kier alpha value is -1.11. The van der Waals surface area contributed by atoms with E-state index in [0.717, 1.165) is 45.4 Å². The molecule has 0 aromatic carbocycles. The molecule has 0 saturated carbocycles. The lowest BCUT2D eigenvalue weighted by molar-refractivity contribution is -0.0174. The Morgan fingerprint density at radius 2 is 2.30 bits per heavy atom. The molecule has 0 aliphatic carbocycles. The van der Waals surface area contributed by atoms with Gasteiger partial charge in [0.15, 0.2) is 5.96 Å². The highest BCUT2D eigenvalue weighted by molar-refractivity contribution is 7.11. The van der Waals surface area contributed by atoms with Gasteiger partial charge < -0.3 is 15.4 Å². The van der Waals surface area contributed by atoms with Crippen molar-refractivity contribution in [1.29, 1.82) is 0 Å². The molecule has 5 nitrogen and oxygen atoms in total. The largest absolute Gasteiger partial charge is 0.379 e. The smallest absolute Gasteiger partial charge is 0.191 e. The fraction of sp³-hybridized carbons (Fsp3) is 0.706. The molecule has 130 valence electrons. The summed E-state index contributed by atoms with van der Waals surface area (Å²) >= 11 is 1.81. The number of aliphatic imine (C=N–C) groups is 1. The van der Waals surface area contributed by atoms with Crippen LogP contribution in [0, 0.1) is 6.92 Å². The van der Waals surface area contributed by atoms with E-state index in [4.69, 9.17) is 9.73 Å². The molecule has 2 atom stereocenters. The molecule has 23 heavy (non-hydrogen) atoms. The summed E-state index contributed by atoms with van der Waals surface area (Å²) in [5, 5.41) is 6.81. The van der Waals surface area contributed by atoms with Crippen molar-refractivity contribution in [3.63, 3.8) is 0 Å². The fourth-order valence-corrected chi connectivity index (χ4v) is 3.64. The highest BCUT2D eigenvalue weighted by Gasteiger charge is 2.23. The molecule has 6 heteroatoms. The van der Waals surface area contributed by atoms with Crippen LogP contribution in [0.1, 0.15) is 30.5 Å². The average Bonchev–Trinajstić information content (AvgIpc) is 2.95. The second-order valence-electron chi connectivity index (χ2n) is 6.10. The van der Waals surface area contributed by atoms with Crippen LogP contribution in [0.15, 0.2) is 17.1 Å². The summed E-state index contributed by atoms with van der Waals surface area (Å²) in [4.78, 5) is 9.83. The third kappa shape index (κ3) is 5.79. The lowest BCUT2D eigenvalue weighted by atomic mass is 10.2. The van der Waals surface area contributed by atoms with Gasteiger partial charge >= 0.3 is 0 Å². The van der Waals surface area contributed by atoms with E-state index in [0.29, 0.717) is 12.1 Å². The minimum Gasteiger partial charge on any atom is -0.379 e. The molecule has 2 rings (SSSR count). The summed E-state index contributed by atoms with van der Waals surface area (Å²) in [6, 6.07) is 5.25. The molecular formula is C17H30N4OS. The summed E-state index contributed by atoms with van der Waals surface area (Å²) < 4.78 is 5.52. The quantitative estimate of drug-likeness (QED) is 0.617. The van der Waals surface area contributed by atoms with Crippen LogP contribution in [0.2, 0.25) is 0 Å². The van der Waals surface area contributed by atoms with Crippen LogP contribution in [-0.4, -0.2) is 55.8 Å². The molecule has 0 spiro atoms. The maximum atomic E-state index is 5.52. The minimum atomic E-state index is 0.460. The van der Waals surface area contributed by atoms with E-state index in [1.807, 2.05) is 11.3 Å². The molecule has 0 amide bonds. The summed E-state index contributed by atoms with van der Waals surface area (Å²) in [7, 11) is 0. The number of nitrogens with one attached hydrogen (secondary N) is 2. The van der Waals surface area contributed by atoms with Crippen LogP contribution in [0.4, 0.5) is 0 Å². The van der Waals surface area contributed by atoms with Crippen molar-refractivity contribution >= 4 is 17.3 Å². The van der Waals surface area contributed by atoms with E-state index < -0.39 is 0 Å². The van der Waals surface area contributed by atoms with Gasteiger partial charge in [0.05, 0.1) is 19.8 Å². The monoisotopic (exact) mass is 338 g/mol. The van der Waals surface area contributed by atoms with Crippen molar-refractivity contribution in [3.05, 3.63) is 21.9 Å². The first-order chi connectivity index (χ1) is 11.1. The number of ether oxygens (including phenoxy) is 1. The average molecular weight is 339 g/mol. The fourth-order valence-electron chi connectivity index (χ4n) is 2.83. The van der Waals surface area contributed by atoms with Gasteiger partial charge in [0, 0.05) is 41.5 Å². The number of guanidine groups is 1. The lowest BCUT2D eigenvalue weighted by Crippen LogP contribution is -2.53. The van der Waals surface area contributed by atoms with Crippen LogP contribution in [-0.2, 0) is 11.3 Å². The molecule has 2 heterocycles. The third-order valence-corrected chi connectivity index (χ3v) is 5.07. The van der Waals surface area contributed by atoms with Gasteiger partial charge in [-0.25, -0.2) is 4.99 Å². The molecular weight excluding hydrogens is 308 g/mol. The van der Waals surface area contributed by atoms with E-state index in [1.165, 1.54) is 9.75 Å². The number of aryl methyl sites for hydroxylation is 1. The minimum absolute atomic E-state index is 0.460. The molecule has 1 saturated heterocycles. The van der Waals surface area contributed by atoms with Crippen molar-refractivity contribution in [3.8, 4) is 0 Å². The maximum Gasteiger partial charge on any atom is 0.191 e. The van der Waals surface area contributed by atoms with Crippen LogP contribution in [0.5, 0.6) is 0 Å². The second kappa shape index (κ2) is 9.25. The number of morpholine rings is 1. The van der Waals surface area contributed by atoms with Gasteiger partial charge in [-0.2, -0.15) is 0 Å². The van der Waals surface area contributed by atoms with E-state index in [2.05, 4.69) is 55.4 Å². The first kappa shape index (κ1) is 18.2. The number of thiophene rings is 1. The number of hydrogen-bond donors (Lipinski definition) is 2. The van der Waals surface area contributed by atoms with Gasteiger partial charge in [0.2, 0.25) is 0 Å². The molecule has 1 aromatic heterocycles. The Morgan fingerprint density at radius 1 is 1.48 bits per heavy atom. The number of hydrogen-bond acceptors (Lipinski definition) is 4. The van der Waals surface area contributed by atoms with Gasteiger partial charge in [-0.3, -0.25) is 4.90 Å². The zero-order valence-electron chi connectivity index (χ0n) is 14.8. The summed E-state index contributed by atoms with van der Waals surface area (Å²) in [6.07, 6.45) is 0. The first-order valence-corrected chi connectivity index (χ1v) is 9.32. The third-order valence-electron chi connectivity index (χ3n) is 4.08. The van der Waals surface area contributed by atoms with Crippen molar-refractivity contribution in [2.24, 2.45) is 4.99 Å². The number of nitrogens with zero attached hydrogens (tertiary/aromatic N) is 2. The first-order valence-electron chi connectivity index (χ1n) is 8.51. The van der Waals surface area contributed by atoms with E-state index in [9.17, 15) is 0 Å². The van der Waals surface area contributed by atoms with Crippen molar-refractivity contribution < 1.29 is 4.74 Å². The predicted molar refractivity (Wildman–Crippen MR) is 98.3 cm³/mol. The zero-order chi connectivity index (χ0) is 16.7. The topological polar surface area (TPSA) is 48.9 Å². The molecule has 0 radical (unpaired) electrons. The van der Waals surface area contributed by atoms with Crippen LogP contribution in [0.25, 0.3) is 0 Å². The maximum absolute atomic E-state index is 5.52. The van der Waals surface area contributed by atoms with Crippen molar-refractivity contribution in [1.82, 2.24) is 15.5 Å². The predicted octanol–water partition coefficient (Wildman–Crippen LogP) is 2.22. The normalized spacial score (nSPS) is 21.2. The van der Waals surface area contributed by atoms with Gasteiger partial charge in [-0.05, 0) is 39.8 Å².